The minimum Gasteiger partial charge on any atom is -0.393 e. The van der Waals surface area contributed by atoms with Crippen molar-refractivity contribution in [2.75, 3.05) is 13.2 Å². The van der Waals surface area contributed by atoms with E-state index < -0.39 is 10.5 Å². The third-order valence-electron chi connectivity index (χ3n) is 3.50. The van der Waals surface area contributed by atoms with Gasteiger partial charge in [0.25, 0.3) is 5.91 Å². The molecular formula is C18H17N3O4S. The molecule has 2 aromatic rings. The molecule has 3 rings (SSSR count). The van der Waals surface area contributed by atoms with Gasteiger partial charge in [0.1, 0.15) is 13.2 Å². The average Bonchev–Trinajstić information content (AvgIpc) is 2.93. The largest absolute Gasteiger partial charge is 0.393 e. The van der Waals surface area contributed by atoms with Crippen molar-refractivity contribution in [3.05, 3.63) is 66.0 Å². The number of aromatic nitrogens is 1. The monoisotopic (exact) mass is 371 g/mol. The smallest absolute Gasteiger partial charge is 0.313 e. The van der Waals surface area contributed by atoms with E-state index in [0.717, 1.165) is 28.0 Å². The van der Waals surface area contributed by atoms with Crippen LogP contribution in [-0.4, -0.2) is 45.9 Å². The molecule has 1 aliphatic rings. The number of pyridine rings is 1. The summed E-state index contributed by atoms with van der Waals surface area (Å²) < 4.78 is 0. The van der Waals surface area contributed by atoms with Crippen molar-refractivity contribution in [2.45, 2.75) is 11.7 Å². The van der Waals surface area contributed by atoms with Crippen LogP contribution in [0.3, 0.4) is 0 Å². The van der Waals surface area contributed by atoms with E-state index in [-0.39, 0.29) is 19.1 Å². The van der Waals surface area contributed by atoms with Crippen molar-refractivity contribution in [2.24, 2.45) is 5.16 Å². The fraction of sp³-hybridized carbons (Fsp3) is 0.222. The van der Waals surface area contributed by atoms with Crippen molar-refractivity contribution in [3.63, 3.8) is 0 Å². The Balaban J connectivity index is 1.41. The summed E-state index contributed by atoms with van der Waals surface area (Å²) in [7, 11) is 0. The van der Waals surface area contributed by atoms with Crippen LogP contribution >= 0.6 is 11.8 Å². The van der Waals surface area contributed by atoms with E-state index in [4.69, 9.17) is 9.68 Å². The van der Waals surface area contributed by atoms with Crippen molar-refractivity contribution < 1.29 is 19.3 Å². The second-order valence-electron chi connectivity index (χ2n) is 5.38. The SMILES string of the molecule is O=C1SC(Cc2ccccc2)C(=O)N1OCCO/N=C/c1cccnc1. The molecule has 26 heavy (non-hydrogen) atoms. The highest BCUT2D eigenvalue weighted by Crippen LogP contribution is 2.29. The molecule has 1 aromatic carbocycles. The number of carbonyl (C=O) groups is 2. The Bertz CT molecular complexity index is 771. The molecule has 0 radical (unpaired) electrons. The third kappa shape index (κ3) is 4.90. The zero-order valence-corrected chi connectivity index (χ0v) is 14.7. The number of hydroxylamine groups is 2. The summed E-state index contributed by atoms with van der Waals surface area (Å²) in [6, 6.07) is 13.2. The predicted molar refractivity (Wildman–Crippen MR) is 97.5 cm³/mol. The normalized spacial score (nSPS) is 17.2. The topological polar surface area (TPSA) is 81.1 Å². The molecule has 1 fully saturated rings. The van der Waals surface area contributed by atoms with Crippen molar-refractivity contribution >= 4 is 29.1 Å². The molecule has 134 valence electrons. The molecule has 8 heteroatoms. The van der Waals surface area contributed by atoms with Crippen LogP contribution in [0.4, 0.5) is 4.79 Å². The minimum atomic E-state index is -0.464. The van der Waals surface area contributed by atoms with Crippen molar-refractivity contribution in [1.29, 1.82) is 0 Å². The van der Waals surface area contributed by atoms with Gasteiger partial charge in [-0.25, -0.2) is 0 Å². The lowest BCUT2D eigenvalue weighted by Gasteiger charge is -2.12. The minimum absolute atomic E-state index is 0.0421. The molecule has 0 N–H and O–H groups in total. The van der Waals surface area contributed by atoms with Gasteiger partial charge in [-0.05, 0) is 29.8 Å². The van der Waals surface area contributed by atoms with Gasteiger partial charge >= 0.3 is 5.24 Å². The molecule has 1 aromatic heterocycles. The fourth-order valence-corrected chi connectivity index (χ4v) is 3.24. The highest BCUT2D eigenvalue weighted by molar-refractivity contribution is 8.15. The van der Waals surface area contributed by atoms with Crippen LogP contribution in [0.5, 0.6) is 0 Å². The molecule has 7 nitrogen and oxygen atoms in total. The number of benzene rings is 1. The summed E-state index contributed by atoms with van der Waals surface area (Å²) in [6.45, 7) is 0.155. The number of amides is 2. The van der Waals surface area contributed by atoms with E-state index in [2.05, 4.69) is 10.1 Å². The lowest BCUT2D eigenvalue weighted by atomic mass is 10.1. The molecule has 1 aliphatic heterocycles. The maximum Gasteiger partial charge on any atom is 0.313 e. The number of hydrogen-bond acceptors (Lipinski definition) is 7. The maximum atomic E-state index is 12.3. The van der Waals surface area contributed by atoms with Crippen molar-refractivity contribution in [1.82, 2.24) is 10.0 Å². The van der Waals surface area contributed by atoms with Gasteiger partial charge in [0.15, 0.2) is 0 Å². The molecule has 1 unspecified atom stereocenters. The fourth-order valence-electron chi connectivity index (χ4n) is 2.28. The Morgan fingerprint density at radius 3 is 2.77 bits per heavy atom. The first-order chi connectivity index (χ1) is 12.7. The van der Waals surface area contributed by atoms with Gasteiger partial charge in [0.2, 0.25) is 0 Å². The molecule has 0 aliphatic carbocycles. The summed E-state index contributed by atoms with van der Waals surface area (Å²) in [6.07, 6.45) is 5.32. The molecule has 0 bridgehead atoms. The first kappa shape index (κ1) is 18.1. The Kier molecular flexibility index (Phi) is 6.34. The van der Waals surface area contributed by atoms with Crippen LogP contribution in [-0.2, 0) is 20.9 Å². The quantitative estimate of drug-likeness (QED) is 0.403. The molecule has 0 saturated carbocycles. The molecule has 0 spiro atoms. The van der Waals surface area contributed by atoms with Gasteiger partial charge in [-0.1, -0.05) is 41.6 Å². The van der Waals surface area contributed by atoms with E-state index >= 15 is 0 Å². The molecule has 1 atom stereocenters. The molecular weight excluding hydrogens is 354 g/mol. The van der Waals surface area contributed by atoms with E-state index in [9.17, 15) is 9.59 Å². The molecule has 2 amide bonds. The summed E-state index contributed by atoms with van der Waals surface area (Å²) in [4.78, 5) is 38.5. The van der Waals surface area contributed by atoms with E-state index in [1.165, 1.54) is 6.21 Å². The van der Waals surface area contributed by atoms with E-state index in [1.807, 2.05) is 36.4 Å². The van der Waals surface area contributed by atoms with Crippen LogP contribution in [0.25, 0.3) is 0 Å². The van der Waals surface area contributed by atoms with Crippen LogP contribution in [0.2, 0.25) is 0 Å². The number of thioether (sulfide) groups is 1. The zero-order chi connectivity index (χ0) is 18.2. The number of carbonyl (C=O) groups excluding carboxylic acids is 2. The summed E-state index contributed by atoms with van der Waals surface area (Å²) in [5.74, 6) is -0.345. The lowest BCUT2D eigenvalue weighted by molar-refractivity contribution is -0.167. The summed E-state index contributed by atoms with van der Waals surface area (Å²) in [5.41, 5.74) is 1.81. The van der Waals surface area contributed by atoms with Gasteiger partial charge < -0.3 is 4.84 Å². The Labute approximate surface area is 154 Å². The van der Waals surface area contributed by atoms with Gasteiger partial charge in [-0.3, -0.25) is 19.4 Å². The average molecular weight is 371 g/mol. The third-order valence-corrected chi connectivity index (χ3v) is 4.52. The number of imide groups is 1. The number of nitrogens with zero attached hydrogens (tertiary/aromatic N) is 3. The van der Waals surface area contributed by atoms with Gasteiger partial charge in [-0.2, -0.15) is 0 Å². The Morgan fingerprint density at radius 2 is 2.00 bits per heavy atom. The summed E-state index contributed by atoms with van der Waals surface area (Å²) in [5, 5.41) is 3.72. The van der Waals surface area contributed by atoms with Crippen LogP contribution in [0.1, 0.15) is 11.1 Å². The standard InChI is InChI=1S/C18H17N3O4S/c22-17-16(11-14-5-2-1-3-6-14)26-18(23)21(17)25-10-9-24-20-13-15-7-4-8-19-12-15/h1-8,12-13,16H,9-11H2/b20-13+. The first-order valence-corrected chi connectivity index (χ1v) is 8.89. The maximum absolute atomic E-state index is 12.3. The Morgan fingerprint density at radius 1 is 1.15 bits per heavy atom. The number of hydrogen-bond donors (Lipinski definition) is 0. The van der Waals surface area contributed by atoms with Crippen LogP contribution in [0.15, 0.2) is 60.0 Å². The van der Waals surface area contributed by atoms with Gasteiger partial charge in [-0.15, -0.1) is 5.06 Å². The lowest BCUT2D eigenvalue weighted by Crippen LogP contribution is -2.33. The highest BCUT2D eigenvalue weighted by atomic mass is 32.2. The second-order valence-corrected chi connectivity index (χ2v) is 6.54. The number of rotatable bonds is 8. The number of oxime groups is 1. The van der Waals surface area contributed by atoms with Gasteiger partial charge in [0, 0.05) is 18.0 Å². The second kappa shape index (κ2) is 9.12. The van der Waals surface area contributed by atoms with E-state index in [0.29, 0.717) is 6.42 Å². The Hall–Kier alpha value is -2.71. The highest BCUT2D eigenvalue weighted by Gasteiger charge is 2.40. The van der Waals surface area contributed by atoms with Crippen LogP contribution in [0, 0.1) is 0 Å². The van der Waals surface area contributed by atoms with Crippen molar-refractivity contribution in [3.8, 4) is 0 Å². The summed E-state index contributed by atoms with van der Waals surface area (Å²) >= 11 is 0.977. The predicted octanol–water partition coefficient (Wildman–Crippen LogP) is 2.67. The molecule has 2 heterocycles. The van der Waals surface area contributed by atoms with E-state index in [1.54, 1.807) is 18.5 Å². The van der Waals surface area contributed by atoms with Gasteiger partial charge in [0.05, 0.1) is 11.5 Å². The van der Waals surface area contributed by atoms with Crippen LogP contribution < -0.4 is 0 Å². The zero-order valence-electron chi connectivity index (χ0n) is 13.9. The molecule has 1 saturated heterocycles. The first-order valence-electron chi connectivity index (χ1n) is 8.01.